The fourth-order valence-corrected chi connectivity index (χ4v) is 1.25. The van der Waals surface area contributed by atoms with Crippen LogP contribution in [0.1, 0.15) is 11.6 Å². The van der Waals surface area contributed by atoms with Crippen molar-refractivity contribution in [1.82, 2.24) is 0 Å². The third kappa shape index (κ3) is 2.16. The molecule has 5 heteroatoms. The highest BCUT2D eigenvalue weighted by molar-refractivity contribution is 6.30. The van der Waals surface area contributed by atoms with Crippen LogP contribution in [0.3, 0.4) is 0 Å². The maximum atomic E-state index is 11.1. The van der Waals surface area contributed by atoms with Gasteiger partial charge in [0.05, 0.1) is 7.11 Å². The number of nitrogen functional groups attached to an aromatic ring is 1. The standard InChI is InChI=1S/C9H11ClN2O2/c1-14-9(13)8(12)6-4-5(10)2-3-7(6)11/h2-4,8H,11-12H2,1H3/t8-/m0/s1. The molecule has 1 aromatic rings. The molecule has 0 aliphatic heterocycles. The zero-order chi connectivity index (χ0) is 10.7. The summed E-state index contributed by atoms with van der Waals surface area (Å²) in [5.74, 6) is -0.543. The number of benzene rings is 1. The molecule has 0 unspecified atom stereocenters. The highest BCUT2D eigenvalue weighted by atomic mass is 35.5. The first-order valence-corrected chi connectivity index (χ1v) is 4.32. The number of rotatable bonds is 2. The number of hydrogen-bond donors (Lipinski definition) is 2. The molecule has 0 spiro atoms. The highest BCUT2D eigenvalue weighted by Crippen LogP contribution is 2.23. The predicted octanol–water partition coefficient (Wildman–Crippen LogP) is 1.09. The molecule has 0 fully saturated rings. The average Bonchev–Trinajstić information content (AvgIpc) is 2.19. The van der Waals surface area contributed by atoms with Gasteiger partial charge in [0, 0.05) is 16.3 Å². The Kier molecular flexibility index (Phi) is 3.33. The van der Waals surface area contributed by atoms with Gasteiger partial charge in [-0.15, -0.1) is 0 Å². The normalized spacial score (nSPS) is 12.2. The minimum atomic E-state index is -0.890. The minimum absolute atomic E-state index is 0.423. The van der Waals surface area contributed by atoms with Gasteiger partial charge in [-0.3, -0.25) is 4.79 Å². The molecular weight excluding hydrogens is 204 g/mol. The van der Waals surface area contributed by atoms with Gasteiger partial charge in [-0.2, -0.15) is 0 Å². The molecule has 4 N–H and O–H groups in total. The van der Waals surface area contributed by atoms with Gasteiger partial charge in [0.25, 0.3) is 0 Å². The number of methoxy groups -OCH3 is 1. The van der Waals surface area contributed by atoms with Crippen LogP contribution < -0.4 is 11.5 Å². The van der Waals surface area contributed by atoms with Crippen molar-refractivity contribution in [2.75, 3.05) is 12.8 Å². The fourth-order valence-electron chi connectivity index (χ4n) is 1.07. The van der Waals surface area contributed by atoms with Gasteiger partial charge in [-0.05, 0) is 18.2 Å². The number of carbonyl (C=O) groups is 1. The van der Waals surface area contributed by atoms with Crippen molar-refractivity contribution in [2.24, 2.45) is 5.73 Å². The summed E-state index contributed by atoms with van der Waals surface area (Å²) in [4.78, 5) is 11.1. The summed E-state index contributed by atoms with van der Waals surface area (Å²) in [7, 11) is 1.27. The molecule has 4 nitrogen and oxygen atoms in total. The van der Waals surface area contributed by atoms with Crippen LogP contribution in [0, 0.1) is 0 Å². The second-order valence-corrected chi connectivity index (χ2v) is 3.21. The summed E-state index contributed by atoms with van der Waals surface area (Å²) >= 11 is 5.75. The van der Waals surface area contributed by atoms with Crippen LogP contribution in [0.15, 0.2) is 18.2 Å². The van der Waals surface area contributed by atoms with Crippen molar-refractivity contribution in [2.45, 2.75) is 6.04 Å². The number of ether oxygens (including phenoxy) is 1. The Hall–Kier alpha value is -1.26. The highest BCUT2D eigenvalue weighted by Gasteiger charge is 2.18. The Morgan fingerprint density at radius 1 is 1.57 bits per heavy atom. The first kappa shape index (κ1) is 10.8. The Labute approximate surface area is 86.8 Å². The molecule has 0 bridgehead atoms. The summed E-state index contributed by atoms with van der Waals surface area (Å²) in [5, 5.41) is 0.480. The van der Waals surface area contributed by atoms with Crippen molar-refractivity contribution in [1.29, 1.82) is 0 Å². The van der Waals surface area contributed by atoms with Gasteiger partial charge in [0.1, 0.15) is 6.04 Å². The van der Waals surface area contributed by atoms with E-state index in [1.165, 1.54) is 7.11 Å². The average molecular weight is 215 g/mol. The molecule has 0 aliphatic rings. The van der Waals surface area contributed by atoms with Crippen molar-refractivity contribution >= 4 is 23.3 Å². The van der Waals surface area contributed by atoms with Crippen LogP contribution in [-0.4, -0.2) is 13.1 Å². The second-order valence-electron chi connectivity index (χ2n) is 2.77. The predicted molar refractivity (Wildman–Crippen MR) is 54.8 cm³/mol. The summed E-state index contributed by atoms with van der Waals surface area (Å²) in [6.45, 7) is 0. The van der Waals surface area contributed by atoms with Gasteiger partial charge in [-0.1, -0.05) is 11.6 Å². The SMILES string of the molecule is COC(=O)[C@@H](N)c1cc(Cl)ccc1N. The van der Waals surface area contributed by atoms with Crippen molar-refractivity contribution in [3.05, 3.63) is 28.8 Å². The van der Waals surface area contributed by atoms with E-state index in [1.54, 1.807) is 18.2 Å². The molecule has 1 aromatic carbocycles. The molecule has 14 heavy (non-hydrogen) atoms. The third-order valence-electron chi connectivity index (χ3n) is 1.84. The summed E-state index contributed by atoms with van der Waals surface area (Å²) in [5.41, 5.74) is 12.1. The largest absolute Gasteiger partial charge is 0.468 e. The lowest BCUT2D eigenvalue weighted by Crippen LogP contribution is -2.23. The van der Waals surface area contributed by atoms with E-state index in [1.807, 2.05) is 0 Å². The summed E-state index contributed by atoms with van der Waals surface area (Å²) in [6.07, 6.45) is 0. The zero-order valence-corrected chi connectivity index (χ0v) is 8.41. The van der Waals surface area contributed by atoms with Crippen LogP contribution in [0.4, 0.5) is 5.69 Å². The van der Waals surface area contributed by atoms with E-state index < -0.39 is 12.0 Å². The monoisotopic (exact) mass is 214 g/mol. The number of hydrogen-bond acceptors (Lipinski definition) is 4. The van der Waals surface area contributed by atoms with E-state index in [-0.39, 0.29) is 0 Å². The maximum absolute atomic E-state index is 11.1. The van der Waals surface area contributed by atoms with E-state index in [9.17, 15) is 4.79 Å². The van der Waals surface area contributed by atoms with Crippen LogP contribution in [0.25, 0.3) is 0 Å². The van der Waals surface area contributed by atoms with Crippen molar-refractivity contribution in [3.63, 3.8) is 0 Å². The Morgan fingerprint density at radius 2 is 2.21 bits per heavy atom. The van der Waals surface area contributed by atoms with Gasteiger partial charge in [0.15, 0.2) is 0 Å². The summed E-state index contributed by atoms with van der Waals surface area (Å²) < 4.78 is 4.50. The van der Waals surface area contributed by atoms with Crippen LogP contribution in [0.2, 0.25) is 5.02 Å². The quantitative estimate of drug-likeness (QED) is 0.571. The molecular formula is C9H11ClN2O2. The van der Waals surface area contributed by atoms with Gasteiger partial charge in [0.2, 0.25) is 0 Å². The lowest BCUT2D eigenvalue weighted by molar-refractivity contribution is -0.142. The number of esters is 1. The number of nitrogens with two attached hydrogens (primary N) is 2. The molecule has 1 rings (SSSR count). The minimum Gasteiger partial charge on any atom is -0.468 e. The fraction of sp³-hybridized carbons (Fsp3) is 0.222. The van der Waals surface area contributed by atoms with Crippen LogP contribution >= 0.6 is 11.6 Å². The van der Waals surface area contributed by atoms with E-state index in [2.05, 4.69) is 4.74 Å². The van der Waals surface area contributed by atoms with Crippen LogP contribution in [0.5, 0.6) is 0 Å². The lowest BCUT2D eigenvalue weighted by Gasteiger charge is -2.12. The van der Waals surface area contributed by atoms with Crippen molar-refractivity contribution < 1.29 is 9.53 Å². The molecule has 0 saturated heterocycles. The van der Waals surface area contributed by atoms with Gasteiger partial charge >= 0.3 is 5.97 Å². The number of anilines is 1. The second kappa shape index (κ2) is 4.30. The molecule has 0 aliphatic carbocycles. The first-order valence-electron chi connectivity index (χ1n) is 3.94. The topological polar surface area (TPSA) is 78.3 Å². The third-order valence-corrected chi connectivity index (χ3v) is 2.07. The number of halogens is 1. The Balaban J connectivity index is 3.05. The van der Waals surface area contributed by atoms with E-state index in [0.717, 1.165) is 0 Å². The molecule has 0 heterocycles. The summed E-state index contributed by atoms with van der Waals surface area (Å²) in [6, 6.07) is 3.89. The Bertz CT molecular complexity index is 355. The smallest absolute Gasteiger partial charge is 0.327 e. The van der Waals surface area contributed by atoms with Gasteiger partial charge in [-0.25, -0.2) is 0 Å². The van der Waals surface area contributed by atoms with E-state index in [0.29, 0.717) is 16.3 Å². The molecule has 1 atom stereocenters. The Morgan fingerprint density at radius 3 is 2.79 bits per heavy atom. The number of carbonyl (C=O) groups excluding carboxylic acids is 1. The lowest BCUT2D eigenvalue weighted by atomic mass is 10.1. The van der Waals surface area contributed by atoms with Crippen LogP contribution in [-0.2, 0) is 9.53 Å². The van der Waals surface area contributed by atoms with E-state index >= 15 is 0 Å². The molecule has 0 amide bonds. The maximum Gasteiger partial charge on any atom is 0.327 e. The van der Waals surface area contributed by atoms with Gasteiger partial charge < -0.3 is 16.2 Å². The molecule has 0 saturated carbocycles. The molecule has 0 radical (unpaired) electrons. The van der Waals surface area contributed by atoms with E-state index in [4.69, 9.17) is 23.1 Å². The molecule has 76 valence electrons. The zero-order valence-electron chi connectivity index (χ0n) is 7.66. The van der Waals surface area contributed by atoms with Crippen molar-refractivity contribution in [3.8, 4) is 0 Å². The molecule has 0 aromatic heterocycles. The first-order chi connectivity index (χ1) is 6.56.